The molecule has 0 spiro atoms. The summed E-state index contributed by atoms with van der Waals surface area (Å²) in [5, 5.41) is 6.32. The molecule has 0 aliphatic heterocycles. The first-order valence-corrected chi connectivity index (χ1v) is 7.23. The standard InChI is InChI=1S/C17H22N2O3/c1-11-6-7-14(13(8-11)17(3,4)5)21-10-15(20)18-16-9-12(2)19-22-16/h6-9H,10H2,1-5H3,(H,18,20). The van der Waals surface area contributed by atoms with Crippen LogP contribution in [0.15, 0.2) is 28.8 Å². The molecule has 1 N–H and O–H groups in total. The Morgan fingerprint density at radius 2 is 2.00 bits per heavy atom. The van der Waals surface area contributed by atoms with Crippen LogP contribution in [0, 0.1) is 13.8 Å². The maximum Gasteiger partial charge on any atom is 0.264 e. The van der Waals surface area contributed by atoms with Crippen LogP contribution in [0.25, 0.3) is 0 Å². The van der Waals surface area contributed by atoms with E-state index in [0.29, 0.717) is 11.6 Å². The third kappa shape index (κ3) is 4.10. The van der Waals surface area contributed by atoms with Crippen LogP contribution < -0.4 is 10.1 Å². The number of nitrogens with zero attached hydrogens (tertiary/aromatic N) is 1. The molecule has 0 aliphatic carbocycles. The largest absolute Gasteiger partial charge is 0.483 e. The minimum absolute atomic E-state index is 0.0557. The van der Waals surface area contributed by atoms with Crippen LogP contribution in [-0.4, -0.2) is 17.7 Å². The van der Waals surface area contributed by atoms with Gasteiger partial charge in [0.15, 0.2) is 6.61 Å². The number of aryl methyl sites for hydroxylation is 2. The van der Waals surface area contributed by atoms with Crippen LogP contribution in [0.1, 0.15) is 37.6 Å². The van der Waals surface area contributed by atoms with E-state index in [0.717, 1.165) is 11.3 Å². The van der Waals surface area contributed by atoms with Crippen molar-refractivity contribution in [1.29, 1.82) is 0 Å². The van der Waals surface area contributed by atoms with Crippen molar-refractivity contribution >= 4 is 11.8 Å². The molecule has 1 heterocycles. The molecule has 5 nitrogen and oxygen atoms in total. The zero-order chi connectivity index (χ0) is 16.3. The van der Waals surface area contributed by atoms with Gasteiger partial charge in [-0.2, -0.15) is 0 Å². The van der Waals surface area contributed by atoms with E-state index in [1.165, 1.54) is 5.56 Å². The van der Waals surface area contributed by atoms with Crippen LogP contribution in [0.4, 0.5) is 5.88 Å². The first kappa shape index (κ1) is 16.1. The van der Waals surface area contributed by atoms with Crippen molar-refractivity contribution in [2.75, 3.05) is 11.9 Å². The van der Waals surface area contributed by atoms with Crippen molar-refractivity contribution < 1.29 is 14.1 Å². The number of aromatic nitrogens is 1. The average Bonchev–Trinajstić information content (AvgIpc) is 2.81. The molecule has 2 aromatic rings. The lowest BCUT2D eigenvalue weighted by atomic mass is 9.85. The van der Waals surface area contributed by atoms with Gasteiger partial charge in [-0.3, -0.25) is 10.1 Å². The monoisotopic (exact) mass is 302 g/mol. The number of hydrogen-bond donors (Lipinski definition) is 1. The Morgan fingerprint density at radius 3 is 2.59 bits per heavy atom. The van der Waals surface area contributed by atoms with Crippen molar-refractivity contribution in [2.24, 2.45) is 0 Å². The van der Waals surface area contributed by atoms with Crippen LogP contribution in [0.2, 0.25) is 0 Å². The van der Waals surface area contributed by atoms with Crippen molar-refractivity contribution in [2.45, 2.75) is 40.0 Å². The molecular formula is C17H22N2O3. The maximum absolute atomic E-state index is 11.9. The van der Waals surface area contributed by atoms with Gasteiger partial charge < -0.3 is 9.26 Å². The summed E-state index contributed by atoms with van der Waals surface area (Å²) in [6.07, 6.45) is 0. The molecule has 1 aromatic heterocycles. The summed E-state index contributed by atoms with van der Waals surface area (Å²) in [7, 11) is 0. The first-order chi connectivity index (χ1) is 10.3. The van der Waals surface area contributed by atoms with E-state index in [1.54, 1.807) is 13.0 Å². The zero-order valence-electron chi connectivity index (χ0n) is 13.7. The Bertz CT molecular complexity index is 669. The van der Waals surface area contributed by atoms with E-state index in [1.807, 2.05) is 19.1 Å². The highest BCUT2D eigenvalue weighted by Gasteiger charge is 2.19. The second-order valence-corrected chi connectivity index (χ2v) is 6.42. The minimum atomic E-state index is -0.281. The number of carbonyl (C=O) groups excluding carboxylic acids is 1. The fourth-order valence-electron chi connectivity index (χ4n) is 2.10. The van der Waals surface area contributed by atoms with E-state index in [9.17, 15) is 4.79 Å². The molecule has 2 rings (SSSR count). The second-order valence-electron chi connectivity index (χ2n) is 6.42. The Balaban J connectivity index is 2.03. The average molecular weight is 302 g/mol. The van der Waals surface area contributed by atoms with Gasteiger partial charge in [0.05, 0.1) is 5.69 Å². The number of carbonyl (C=O) groups is 1. The van der Waals surface area contributed by atoms with Crippen LogP contribution in [0.5, 0.6) is 5.75 Å². The normalized spacial score (nSPS) is 11.3. The van der Waals surface area contributed by atoms with Crippen LogP contribution in [0.3, 0.4) is 0 Å². The summed E-state index contributed by atoms with van der Waals surface area (Å²) in [4.78, 5) is 11.9. The number of anilines is 1. The summed E-state index contributed by atoms with van der Waals surface area (Å²) in [5.41, 5.74) is 2.90. The predicted molar refractivity (Wildman–Crippen MR) is 85.2 cm³/mol. The molecule has 118 valence electrons. The first-order valence-electron chi connectivity index (χ1n) is 7.23. The van der Waals surface area contributed by atoms with Gasteiger partial charge in [0.2, 0.25) is 5.88 Å². The molecule has 0 fully saturated rings. The molecule has 1 amide bonds. The topological polar surface area (TPSA) is 64.4 Å². The van der Waals surface area contributed by atoms with Gasteiger partial charge in [0.25, 0.3) is 5.91 Å². The third-order valence-corrected chi connectivity index (χ3v) is 3.19. The lowest BCUT2D eigenvalue weighted by Gasteiger charge is -2.23. The molecular weight excluding hydrogens is 280 g/mol. The highest BCUT2D eigenvalue weighted by molar-refractivity contribution is 5.90. The van der Waals surface area contributed by atoms with Gasteiger partial charge >= 0.3 is 0 Å². The Kier molecular flexibility index (Phi) is 4.54. The van der Waals surface area contributed by atoms with Crippen molar-refractivity contribution in [3.8, 4) is 5.75 Å². The third-order valence-electron chi connectivity index (χ3n) is 3.19. The Morgan fingerprint density at radius 1 is 1.27 bits per heavy atom. The Hall–Kier alpha value is -2.30. The van der Waals surface area contributed by atoms with Gasteiger partial charge in [-0.15, -0.1) is 0 Å². The summed E-state index contributed by atoms with van der Waals surface area (Å²) >= 11 is 0. The second kappa shape index (κ2) is 6.22. The zero-order valence-corrected chi connectivity index (χ0v) is 13.7. The number of benzene rings is 1. The smallest absolute Gasteiger partial charge is 0.264 e. The van der Waals surface area contributed by atoms with E-state index in [-0.39, 0.29) is 17.9 Å². The number of nitrogens with one attached hydrogen (secondary N) is 1. The highest BCUT2D eigenvalue weighted by Crippen LogP contribution is 2.32. The van der Waals surface area contributed by atoms with Gasteiger partial charge in [-0.1, -0.05) is 43.6 Å². The molecule has 5 heteroatoms. The summed E-state index contributed by atoms with van der Waals surface area (Å²) in [6, 6.07) is 7.63. The van der Waals surface area contributed by atoms with Gasteiger partial charge in [-0.25, -0.2) is 0 Å². The molecule has 1 aromatic carbocycles. The molecule has 0 bridgehead atoms. The number of hydrogen-bond acceptors (Lipinski definition) is 4. The molecule has 22 heavy (non-hydrogen) atoms. The SMILES string of the molecule is Cc1ccc(OCC(=O)Nc2cc(C)no2)c(C(C)(C)C)c1. The van der Waals surface area contributed by atoms with E-state index in [2.05, 4.69) is 37.3 Å². The van der Waals surface area contributed by atoms with Crippen molar-refractivity contribution in [3.05, 3.63) is 41.1 Å². The summed E-state index contributed by atoms with van der Waals surface area (Å²) < 4.78 is 10.6. The lowest BCUT2D eigenvalue weighted by Crippen LogP contribution is -2.21. The predicted octanol–water partition coefficient (Wildman–Crippen LogP) is 3.61. The van der Waals surface area contributed by atoms with Crippen LogP contribution >= 0.6 is 0 Å². The van der Waals surface area contributed by atoms with Crippen molar-refractivity contribution in [1.82, 2.24) is 5.16 Å². The van der Waals surface area contributed by atoms with Gasteiger partial charge in [0, 0.05) is 6.07 Å². The number of amides is 1. The Labute approximate surface area is 130 Å². The molecule has 0 radical (unpaired) electrons. The quantitative estimate of drug-likeness (QED) is 0.937. The van der Waals surface area contributed by atoms with E-state index < -0.39 is 0 Å². The maximum atomic E-state index is 11.9. The van der Waals surface area contributed by atoms with Gasteiger partial charge in [-0.05, 0) is 30.9 Å². The summed E-state index contributed by atoms with van der Waals surface area (Å²) in [5.74, 6) is 0.768. The van der Waals surface area contributed by atoms with E-state index in [4.69, 9.17) is 9.26 Å². The molecule has 0 atom stereocenters. The number of ether oxygens (including phenoxy) is 1. The molecule has 0 unspecified atom stereocenters. The van der Waals surface area contributed by atoms with Gasteiger partial charge in [0.1, 0.15) is 5.75 Å². The molecule has 0 aliphatic rings. The highest BCUT2D eigenvalue weighted by atomic mass is 16.5. The fraction of sp³-hybridized carbons (Fsp3) is 0.412. The van der Waals surface area contributed by atoms with E-state index >= 15 is 0 Å². The minimum Gasteiger partial charge on any atom is -0.483 e. The lowest BCUT2D eigenvalue weighted by molar-refractivity contribution is -0.118. The summed E-state index contributed by atoms with van der Waals surface area (Å²) in [6.45, 7) is 10.1. The van der Waals surface area contributed by atoms with Crippen LogP contribution in [-0.2, 0) is 10.2 Å². The molecule has 0 saturated heterocycles. The number of rotatable bonds is 4. The van der Waals surface area contributed by atoms with Crippen molar-refractivity contribution in [3.63, 3.8) is 0 Å². The molecule has 0 saturated carbocycles. The fourth-order valence-corrected chi connectivity index (χ4v) is 2.10.